The highest BCUT2D eigenvalue weighted by Crippen LogP contribution is 2.10. The Hall–Kier alpha value is -2.66. The van der Waals surface area contributed by atoms with E-state index in [-0.39, 0.29) is 5.91 Å². The number of hydrogen-bond acceptors (Lipinski definition) is 3. The summed E-state index contributed by atoms with van der Waals surface area (Å²) < 4.78 is 0. The molecule has 0 fully saturated rings. The Morgan fingerprint density at radius 3 is 2.00 bits per heavy atom. The summed E-state index contributed by atoms with van der Waals surface area (Å²) in [6.07, 6.45) is 0. The molecule has 2 amide bonds. The van der Waals surface area contributed by atoms with Crippen molar-refractivity contribution in [2.24, 2.45) is 5.73 Å². The first-order valence-electron chi connectivity index (χ1n) is 6.13. The van der Waals surface area contributed by atoms with Crippen LogP contribution in [-0.2, 0) is 4.79 Å². The standard InChI is InChI=1S/C15H15N3O2/c16-14(19)13(11-7-3-1-4-8-11)17-18-15(20)12-9-5-2-6-10-12/h1-10,13,17H,(H2,16,19)(H,18,20)/t13-/m0/s1. The summed E-state index contributed by atoms with van der Waals surface area (Å²) in [5.41, 5.74) is 11.7. The number of hydrazine groups is 1. The molecule has 1 atom stereocenters. The minimum Gasteiger partial charge on any atom is -0.368 e. The van der Waals surface area contributed by atoms with Crippen LogP contribution in [-0.4, -0.2) is 11.8 Å². The molecule has 20 heavy (non-hydrogen) atoms. The molecule has 2 aromatic rings. The van der Waals surface area contributed by atoms with Gasteiger partial charge in [-0.3, -0.25) is 15.0 Å². The minimum absolute atomic E-state index is 0.326. The van der Waals surface area contributed by atoms with E-state index in [9.17, 15) is 9.59 Å². The molecule has 5 heteroatoms. The molecule has 0 aromatic heterocycles. The van der Waals surface area contributed by atoms with Gasteiger partial charge in [-0.05, 0) is 17.7 Å². The zero-order valence-electron chi connectivity index (χ0n) is 10.7. The molecule has 0 radical (unpaired) electrons. The number of benzene rings is 2. The van der Waals surface area contributed by atoms with Crippen molar-refractivity contribution in [3.05, 3.63) is 71.8 Å². The van der Waals surface area contributed by atoms with Crippen molar-refractivity contribution in [2.45, 2.75) is 6.04 Å². The van der Waals surface area contributed by atoms with E-state index in [4.69, 9.17) is 5.73 Å². The van der Waals surface area contributed by atoms with Crippen LogP contribution >= 0.6 is 0 Å². The summed E-state index contributed by atoms with van der Waals surface area (Å²) in [6, 6.07) is 16.9. The summed E-state index contributed by atoms with van der Waals surface area (Å²) in [7, 11) is 0. The molecule has 0 spiro atoms. The summed E-state index contributed by atoms with van der Waals surface area (Å²) in [4.78, 5) is 23.3. The van der Waals surface area contributed by atoms with Crippen molar-refractivity contribution in [1.29, 1.82) is 0 Å². The van der Waals surface area contributed by atoms with Gasteiger partial charge in [0.1, 0.15) is 6.04 Å². The maximum atomic E-state index is 11.9. The first kappa shape index (κ1) is 13.8. The Kier molecular flexibility index (Phi) is 4.47. The Morgan fingerprint density at radius 2 is 1.45 bits per heavy atom. The molecule has 0 aliphatic rings. The predicted octanol–water partition coefficient (Wildman–Crippen LogP) is 1.15. The second-order valence-corrected chi connectivity index (χ2v) is 4.21. The van der Waals surface area contributed by atoms with Crippen molar-refractivity contribution in [3.63, 3.8) is 0 Å². The number of amides is 2. The van der Waals surface area contributed by atoms with Gasteiger partial charge in [-0.2, -0.15) is 0 Å². The van der Waals surface area contributed by atoms with Gasteiger partial charge in [0.05, 0.1) is 0 Å². The summed E-state index contributed by atoms with van der Waals surface area (Å²) in [5, 5.41) is 0. The van der Waals surface area contributed by atoms with Gasteiger partial charge in [-0.1, -0.05) is 48.5 Å². The third-order valence-electron chi connectivity index (χ3n) is 2.78. The van der Waals surface area contributed by atoms with Gasteiger partial charge in [-0.15, -0.1) is 0 Å². The third-order valence-corrected chi connectivity index (χ3v) is 2.78. The molecule has 102 valence electrons. The third kappa shape index (κ3) is 3.43. The van der Waals surface area contributed by atoms with E-state index in [2.05, 4.69) is 10.9 Å². The molecule has 0 saturated heterocycles. The molecule has 0 aliphatic carbocycles. The van der Waals surface area contributed by atoms with Crippen LogP contribution in [0.15, 0.2) is 60.7 Å². The van der Waals surface area contributed by atoms with Crippen molar-refractivity contribution in [2.75, 3.05) is 0 Å². The maximum absolute atomic E-state index is 11.9. The van der Waals surface area contributed by atoms with Crippen LogP contribution in [0.2, 0.25) is 0 Å². The highest BCUT2D eigenvalue weighted by Gasteiger charge is 2.18. The Labute approximate surface area is 116 Å². The predicted molar refractivity (Wildman–Crippen MR) is 75.4 cm³/mol. The van der Waals surface area contributed by atoms with E-state index in [0.29, 0.717) is 11.1 Å². The van der Waals surface area contributed by atoms with Crippen molar-refractivity contribution in [1.82, 2.24) is 10.9 Å². The van der Waals surface area contributed by atoms with Crippen LogP contribution in [0.3, 0.4) is 0 Å². The molecular weight excluding hydrogens is 254 g/mol. The average molecular weight is 269 g/mol. The molecule has 0 bridgehead atoms. The zero-order chi connectivity index (χ0) is 14.4. The lowest BCUT2D eigenvalue weighted by Crippen LogP contribution is -2.45. The normalized spacial score (nSPS) is 11.6. The van der Waals surface area contributed by atoms with Gasteiger partial charge in [0, 0.05) is 5.56 Å². The zero-order valence-corrected chi connectivity index (χ0v) is 10.7. The minimum atomic E-state index is -0.774. The molecule has 4 N–H and O–H groups in total. The van der Waals surface area contributed by atoms with Gasteiger partial charge >= 0.3 is 0 Å². The Balaban J connectivity index is 2.04. The lowest BCUT2D eigenvalue weighted by Gasteiger charge is -2.16. The molecule has 0 aliphatic heterocycles. The van der Waals surface area contributed by atoms with Crippen molar-refractivity contribution in [3.8, 4) is 0 Å². The molecular formula is C15H15N3O2. The molecule has 0 unspecified atom stereocenters. The van der Waals surface area contributed by atoms with E-state index in [1.165, 1.54) is 0 Å². The number of carbonyl (C=O) groups is 2. The van der Waals surface area contributed by atoms with Crippen LogP contribution in [0.25, 0.3) is 0 Å². The van der Waals surface area contributed by atoms with Crippen LogP contribution in [0.5, 0.6) is 0 Å². The second-order valence-electron chi connectivity index (χ2n) is 4.21. The fraction of sp³-hybridized carbons (Fsp3) is 0.0667. The first-order valence-corrected chi connectivity index (χ1v) is 6.13. The molecule has 2 aromatic carbocycles. The van der Waals surface area contributed by atoms with E-state index >= 15 is 0 Å². The SMILES string of the molecule is NC(=O)[C@@H](NNC(=O)c1ccccc1)c1ccccc1. The lowest BCUT2D eigenvalue weighted by molar-refractivity contribution is -0.120. The fourth-order valence-corrected chi connectivity index (χ4v) is 1.76. The summed E-state index contributed by atoms with van der Waals surface area (Å²) >= 11 is 0. The second kappa shape index (κ2) is 6.49. The number of primary amides is 1. The largest absolute Gasteiger partial charge is 0.368 e. The van der Waals surface area contributed by atoms with Gasteiger partial charge in [0.25, 0.3) is 5.91 Å². The number of hydrogen-bond donors (Lipinski definition) is 3. The topological polar surface area (TPSA) is 84.2 Å². The number of carbonyl (C=O) groups excluding carboxylic acids is 2. The molecule has 2 rings (SSSR count). The maximum Gasteiger partial charge on any atom is 0.265 e. The van der Waals surface area contributed by atoms with E-state index in [0.717, 1.165) is 0 Å². The van der Waals surface area contributed by atoms with Gasteiger partial charge in [-0.25, -0.2) is 5.43 Å². The first-order chi connectivity index (χ1) is 9.68. The van der Waals surface area contributed by atoms with Crippen molar-refractivity contribution < 1.29 is 9.59 Å². The van der Waals surface area contributed by atoms with Gasteiger partial charge in [0.15, 0.2) is 0 Å². The van der Waals surface area contributed by atoms with Crippen LogP contribution in [0, 0.1) is 0 Å². The number of rotatable bonds is 5. The van der Waals surface area contributed by atoms with E-state index < -0.39 is 11.9 Å². The Bertz CT molecular complexity index is 585. The number of nitrogens with two attached hydrogens (primary N) is 1. The Morgan fingerprint density at radius 1 is 0.900 bits per heavy atom. The summed E-state index contributed by atoms with van der Waals surface area (Å²) in [6.45, 7) is 0. The smallest absolute Gasteiger partial charge is 0.265 e. The highest BCUT2D eigenvalue weighted by molar-refractivity contribution is 5.94. The van der Waals surface area contributed by atoms with E-state index in [1.54, 1.807) is 48.5 Å². The lowest BCUT2D eigenvalue weighted by atomic mass is 10.1. The van der Waals surface area contributed by atoms with Gasteiger partial charge in [0.2, 0.25) is 5.91 Å². The average Bonchev–Trinajstić information content (AvgIpc) is 2.49. The van der Waals surface area contributed by atoms with Crippen LogP contribution in [0.4, 0.5) is 0 Å². The van der Waals surface area contributed by atoms with E-state index in [1.807, 2.05) is 12.1 Å². The van der Waals surface area contributed by atoms with Crippen LogP contribution < -0.4 is 16.6 Å². The quantitative estimate of drug-likeness (QED) is 0.712. The number of nitrogens with one attached hydrogen (secondary N) is 2. The monoisotopic (exact) mass is 269 g/mol. The van der Waals surface area contributed by atoms with Crippen LogP contribution in [0.1, 0.15) is 22.0 Å². The molecule has 0 heterocycles. The van der Waals surface area contributed by atoms with Gasteiger partial charge < -0.3 is 5.73 Å². The molecule has 5 nitrogen and oxygen atoms in total. The van der Waals surface area contributed by atoms with Crippen molar-refractivity contribution >= 4 is 11.8 Å². The molecule has 0 saturated carbocycles. The summed E-state index contributed by atoms with van der Waals surface area (Å²) in [5.74, 6) is -0.891. The highest BCUT2D eigenvalue weighted by atomic mass is 16.2. The fourth-order valence-electron chi connectivity index (χ4n) is 1.76.